The fraction of sp³-hybridized carbons (Fsp3) is 0.312. The predicted octanol–water partition coefficient (Wildman–Crippen LogP) is 20.5. The van der Waals surface area contributed by atoms with Crippen LogP contribution in [-0.2, 0) is 42.3 Å². The van der Waals surface area contributed by atoms with Gasteiger partial charge in [-0.25, -0.2) is 0 Å². The van der Waals surface area contributed by atoms with Crippen LogP contribution in [0.2, 0.25) is 0 Å². The zero-order valence-corrected chi connectivity index (χ0v) is 66.0. The van der Waals surface area contributed by atoms with Crippen molar-refractivity contribution in [2.45, 2.75) is 166 Å². The zero-order valence-electron chi connectivity index (χ0n) is 78.0. The third kappa shape index (κ3) is 18.5. The molecule has 6 heteroatoms. The highest BCUT2D eigenvalue weighted by Crippen LogP contribution is 2.30. The first kappa shape index (κ1) is 63.2. The minimum Gasteiger partial charge on any atom is -0.198 e. The fourth-order valence-corrected chi connectivity index (χ4v) is 12.9. The molecule has 0 bridgehead atoms. The standard InChI is InChI=1S/6C16H20N/c2*1-11-6-8-15(13(3)10-11)16-9-7-12(2)14(4)17(16)5;1-11-6-7-13(3)15(10-11)16-9-8-12(2)14(4)17(16)5;2*1-11-7-6-8-15(13(11)3)16-10-9-12(2)14(4)17(16)5;1-11-8-6-7-9-15(11)16-14(4)12(2)10-13(3)17(16)5/h6*6-10H,1-5H3/q6*+1/i1D3,2D3;;;1D3,2D3;;. The van der Waals surface area contributed by atoms with Crippen LogP contribution in [0.1, 0.15) is 151 Å². The summed E-state index contributed by atoms with van der Waals surface area (Å²) in [5, 5.41) is 0. The monoisotopic (exact) mass is 1370 g/mol. The third-order valence-electron chi connectivity index (χ3n) is 21.1. The van der Waals surface area contributed by atoms with Crippen LogP contribution in [0.4, 0.5) is 0 Å². The Balaban J connectivity index is 0.000000190. The maximum atomic E-state index is 7.64. The lowest BCUT2D eigenvalue weighted by Crippen LogP contribution is -2.36. The van der Waals surface area contributed by atoms with E-state index in [4.69, 9.17) is 16.4 Å². The molecule has 0 N–H and O–H groups in total. The van der Waals surface area contributed by atoms with E-state index in [2.05, 4.69) is 279 Å². The van der Waals surface area contributed by atoms with Crippen LogP contribution in [-0.4, -0.2) is 0 Å². The van der Waals surface area contributed by atoms with Crippen molar-refractivity contribution in [2.24, 2.45) is 42.3 Å². The van der Waals surface area contributed by atoms with Gasteiger partial charge in [0.25, 0.3) is 0 Å². The SMILES string of the molecule is Cc1ccc(-c2ccc(C)c(C)[n+]2C)c(C)c1.Cc1ccc(C)c(-c2ccc(C)c(C)[n+]2C)c1.Cc1cccc(-c2ccc(C)c(C)[n+]2C)c1C.Cc1ccccc1-c1c(C)c(C)cc(C)[n+]1C.[2H]C([2H])([2H])c1ccc(-c2ccc(C([2H])([2H])[2H])c(C)[n+]2C)c(C)c1.[2H]C([2H])([2H])c1cccc(-c2ccc(C([2H])([2H])[2H])c(C)[n+]2C)c1C. The Labute approximate surface area is 632 Å². The van der Waals surface area contributed by atoms with E-state index in [1.165, 1.54) is 135 Å². The number of aryl methyl sites for hydroxylation is 16. The van der Waals surface area contributed by atoms with E-state index in [0.29, 0.717) is 39.2 Å². The van der Waals surface area contributed by atoms with Crippen molar-refractivity contribution >= 4 is 0 Å². The first-order valence-corrected chi connectivity index (χ1v) is 35.3. The number of hydrogen-bond donors (Lipinski definition) is 0. The number of pyridine rings is 6. The van der Waals surface area contributed by atoms with Crippen LogP contribution in [0.3, 0.4) is 0 Å². The van der Waals surface area contributed by atoms with Gasteiger partial charge in [0.1, 0.15) is 42.3 Å². The van der Waals surface area contributed by atoms with E-state index in [1.807, 2.05) is 24.6 Å². The van der Waals surface area contributed by atoms with Crippen molar-refractivity contribution in [3.05, 3.63) is 316 Å². The summed E-state index contributed by atoms with van der Waals surface area (Å²) in [7, 11) is 12.2. The Morgan fingerprint density at radius 1 is 0.206 bits per heavy atom. The van der Waals surface area contributed by atoms with Gasteiger partial charge in [-0.15, -0.1) is 0 Å². The number of hydrogen-bond acceptors (Lipinski definition) is 0. The quantitative estimate of drug-likeness (QED) is 0.148. The number of benzene rings is 6. The summed E-state index contributed by atoms with van der Waals surface area (Å²) < 4.78 is 104. The lowest BCUT2D eigenvalue weighted by Gasteiger charge is -2.10. The van der Waals surface area contributed by atoms with Crippen LogP contribution < -0.4 is 27.4 Å². The zero-order chi connectivity index (χ0) is 85.5. The maximum Gasteiger partial charge on any atom is 0.215 e. The van der Waals surface area contributed by atoms with E-state index in [0.717, 1.165) is 28.1 Å². The van der Waals surface area contributed by atoms with E-state index in [9.17, 15) is 0 Å². The molecule has 6 heterocycles. The molecular weight excluding hydrogens is 1240 g/mol. The highest BCUT2D eigenvalue weighted by molar-refractivity contribution is 5.68. The summed E-state index contributed by atoms with van der Waals surface area (Å²) >= 11 is 0. The lowest BCUT2D eigenvalue weighted by atomic mass is 9.98. The fourth-order valence-electron chi connectivity index (χ4n) is 12.9. The largest absolute Gasteiger partial charge is 0.215 e. The van der Waals surface area contributed by atoms with Gasteiger partial charge in [-0.1, -0.05) is 95.6 Å². The van der Waals surface area contributed by atoms with E-state index < -0.39 is 27.4 Å². The van der Waals surface area contributed by atoms with Gasteiger partial charge in [0.05, 0.1) is 0 Å². The molecule has 0 fully saturated rings. The van der Waals surface area contributed by atoms with Crippen molar-refractivity contribution in [1.82, 2.24) is 0 Å². The summed E-state index contributed by atoms with van der Waals surface area (Å²) in [4.78, 5) is 0. The summed E-state index contributed by atoms with van der Waals surface area (Å²) in [6.45, 7) is 33.2. The molecular formula is C96H120N6+6. The molecule has 0 atom stereocenters. The average molecular weight is 1370 g/mol. The van der Waals surface area contributed by atoms with E-state index in [-0.39, 0.29) is 0 Å². The molecule has 6 aromatic carbocycles. The summed E-state index contributed by atoms with van der Waals surface area (Å²) in [5.41, 5.74) is 39.2. The van der Waals surface area contributed by atoms with E-state index in [1.54, 1.807) is 87.0 Å². The van der Waals surface area contributed by atoms with Gasteiger partial charge in [-0.2, -0.15) is 27.4 Å². The third-order valence-corrected chi connectivity index (χ3v) is 21.1. The Bertz CT molecular complexity index is 5440. The highest BCUT2D eigenvalue weighted by atomic mass is 15.0. The van der Waals surface area contributed by atoms with Crippen molar-refractivity contribution in [3.8, 4) is 67.5 Å². The summed E-state index contributed by atoms with van der Waals surface area (Å²) in [6.07, 6.45) is 0. The molecule has 0 saturated carbocycles. The van der Waals surface area contributed by atoms with E-state index >= 15 is 0 Å². The molecule has 0 aliphatic rings. The summed E-state index contributed by atoms with van der Waals surface area (Å²) in [5.74, 6) is 0. The molecule has 102 heavy (non-hydrogen) atoms. The van der Waals surface area contributed by atoms with Crippen LogP contribution in [0, 0.1) is 166 Å². The van der Waals surface area contributed by atoms with Crippen molar-refractivity contribution in [1.29, 1.82) is 0 Å². The molecule has 6 aromatic heterocycles. The van der Waals surface area contributed by atoms with Gasteiger partial charge in [0.15, 0.2) is 34.2 Å². The normalized spacial score (nSPS) is 12.9. The molecule has 0 unspecified atom stereocenters. The van der Waals surface area contributed by atoms with Crippen LogP contribution in [0.25, 0.3) is 67.5 Å². The maximum absolute atomic E-state index is 7.64. The van der Waals surface area contributed by atoms with Gasteiger partial charge in [0.2, 0.25) is 34.2 Å². The molecule has 0 radical (unpaired) electrons. The van der Waals surface area contributed by atoms with Crippen molar-refractivity contribution < 1.29 is 43.9 Å². The predicted molar refractivity (Wildman–Crippen MR) is 432 cm³/mol. The Morgan fingerprint density at radius 2 is 0.539 bits per heavy atom. The van der Waals surface area contributed by atoms with Crippen LogP contribution >= 0.6 is 0 Å². The molecule has 0 aliphatic carbocycles. The number of aromatic nitrogens is 6. The molecule has 0 aliphatic heterocycles. The highest BCUT2D eigenvalue weighted by Gasteiger charge is 2.23. The Morgan fingerprint density at radius 3 is 0.980 bits per heavy atom. The minimum atomic E-state index is -2.17. The molecule has 12 aromatic rings. The smallest absolute Gasteiger partial charge is 0.198 e. The lowest BCUT2D eigenvalue weighted by molar-refractivity contribution is -0.667. The van der Waals surface area contributed by atoms with Gasteiger partial charge in [-0.3, -0.25) is 0 Å². The minimum absolute atomic E-state index is 0.299. The van der Waals surface area contributed by atoms with Crippen molar-refractivity contribution in [3.63, 3.8) is 0 Å². The van der Waals surface area contributed by atoms with Crippen LogP contribution in [0.15, 0.2) is 182 Å². The first-order chi connectivity index (χ1) is 52.9. The number of nitrogens with zero attached hydrogens (tertiary/aromatic N) is 6. The molecule has 0 amide bonds. The molecule has 12 rings (SSSR count). The summed E-state index contributed by atoms with van der Waals surface area (Å²) in [6, 6.07) is 60.8. The van der Waals surface area contributed by atoms with Gasteiger partial charge in [-0.05, 0) is 241 Å². The van der Waals surface area contributed by atoms with Gasteiger partial charge < -0.3 is 0 Å². The molecule has 0 saturated heterocycles. The molecule has 528 valence electrons. The van der Waals surface area contributed by atoms with Crippen molar-refractivity contribution in [2.75, 3.05) is 0 Å². The second-order valence-electron chi connectivity index (χ2n) is 27.9. The second-order valence-corrected chi connectivity index (χ2v) is 27.9. The first-order valence-electron chi connectivity index (χ1n) is 41.3. The second kappa shape index (κ2) is 34.7. The Hall–Kier alpha value is -9.78. The van der Waals surface area contributed by atoms with Crippen LogP contribution in [0.5, 0.6) is 0 Å². The van der Waals surface area contributed by atoms with Gasteiger partial charge >= 0.3 is 0 Å². The number of rotatable bonds is 6. The average Bonchev–Trinajstić information content (AvgIpc) is 0.791. The van der Waals surface area contributed by atoms with Gasteiger partial charge in [0, 0.05) is 161 Å². The molecule has 0 spiro atoms. The molecule has 6 nitrogen and oxygen atoms in total. The topological polar surface area (TPSA) is 23.3 Å². The Kier molecular flexibility index (Phi) is 21.5.